The van der Waals surface area contributed by atoms with Crippen LogP contribution in [-0.4, -0.2) is 48.1 Å². The van der Waals surface area contributed by atoms with Gasteiger partial charge in [0, 0.05) is 24.7 Å². The molecule has 0 amide bonds. The van der Waals surface area contributed by atoms with Gasteiger partial charge in [-0.1, -0.05) is 35.9 Å². The Balaban J connectivity index is 1.93. The van der Waals surface area contributed by atoms with Gasteiger partial charge in [0.2, 0.25) is 0 Å². The lowest BCUT2D eigenvalue weighted by Gasteiger charge is -2.21. The quantitative estimate of drug-likeness (QED) is 0.308. The van der Waals surface area contributed by atoms with Gasteiger partial charge in [0.15, 0.2) is 0 Å². The topological polar surface area (TPSA) is 114 Å². The molecule has 0 saturated heterocycles. The summed E-state index contributed by atoms with van der Waals surface area (Å²) in [7, 11) is -3.33. The number of aliphatic hydroxyl groups excluding tert-OH is 1. The summed E-state index contributed by atoms with van der Waals surface area (Å²) >= 11 is 5.97. The zero-order valence-electron chi connectivity index (χ0n) is 18.2. The maximum absolute atomic E-state index is 12.1. The minimum absolute atomic E-state index is 0.0399. The Kier molecular flexibility index (Phi) is 10.2. The fourth-order valence-corrected chi connectivity index (χ4v) is 3.95. The van der Waals surface area contributed by atoms with Gasteiger partial charge in [-0.25, -0.2) is 4.79 Å². The maximum Gasteiger partial charge on any atom is 0.379 e. The average Bonchev–Trinajstić information content (AvgIpc) is 2.76. The van der Waals surface area contributed by atoms with E-state index >= 15 is 0 Å². The van der Waals surface area contributed by atoms with Crippen molar-refractivity contribution in [1.29, 1.82) is 0 Å². The molecule has 0 heterocycles. The number of ether oxygens (including phenoxy) is 2. The van der Waals surface area contributed by atoms with Crippen LogP contribution in [0.3, 0.4) is 0 Å². The summed E-state index contributed by atoms with van der Waals surface area (Å²) in [5, 5.41) is 14.2. The molecule has 32 heavy (non-hydrogen) atoms. The molecule has 2 rings (SSSR count). The molecule has 0 aliphatic heterocycles. The zero-order chi connectivity index (χ0) is 23.7. The first-order chi connectivity index (χ1) is 15.2. The Bertz CT molecular complexity index is 925. The standard InChI is InChI=1S/C22H29ClNO7P/c1-4-30-21(26)22(32(27,28)29-3)31-19-10-8-16(9-11-19)12-15(2)24-14-20(25)17-6-5-7-18(23)13-17/h5-11,13,15,20,22,24-25H,4,12,14H2,1-3H3,(H,27,28). The van der Waals surface area contributed by atoms with Crippen LogP contribution < -0.4 is 10.1 Å². The summed E-state index contributed by atoms with van der Waals surface area (Å²) in [6.45, 7) is 3.99. The number of halogens is 1. The van der Waals surface area contributed by atoms with Crippen molar-refractivity contribution < 1.29 is 33.4 Å². The van der Waals surface area contributed by atoms with Gasteiger partial charge < -0.3 is 29.3 Å². The number of carbonyl (C=O) groups excluding carboxylic acids is 1. The van der Waals surface area contributed by atoms with Crippen molar-refractivity contribution >= 4 is 25.2 Å². The minimum Gasteiger partial charge on any atom is -0.466 e. The molecule has 0 aliphatic rings. The largest absolute Gasteiger partial charge is 0.466 e. The molecule has 176 valence electrons. The predicted octanol–water partition coefficient (Wildman–Crippen LogP) is 3.69. The highest BCUT2D eigenvalue weighted by atomic mass is 35.5. The molecule has 8 nitrogen and oxygen atoms in total. The molecular formula is C22H29ClNO7P. The molecule has 4 atom stereocenters. The normalized spacial score (nSPS) is 15.9. The van der Waals surface area contributed by atoms with Crippen LogP contribution in [0.15, 0.2) is 48.5 Å². The number of nitrogens with one attached hydrogen (secondary N) is 1. The SMILES string of the molecule is CCOC(=O)C(Oc1ccc(CC(C)NCC(O)c2cccc(Cl)c2)cc1)P(=O)(O)OC. The third kappa shape index (κ3) is 7.89. The van der Waals surface area contributed by atoms with Crippen molar-refractivity contribution in [3.63, 3.8) is 0 Å². The third-order valence-corrected chi connectivity index (χ3v) is 6.32. The van der Waals surface area contributed by atoms with Crippen LogP contribution in [0.2, 0.25) is 5.02 Å². The van der Waals surface area contributed by atoms with Gasteiger partial charge in [-0.2, -0.15) is 0 Å². The van der Waals surface area contributed by atoms with Crippen LogP contribution in [-0.2, 0) is 25.0 Å². The van der Waals surface area contributed by atoms with Gasteiger partial charge in [0.05, 0.1) is 12.7 Å². The van der Waals surface area contributed by atoms with Crippen LogP contribution >= 0.6 is 19.2 Å². The van der Waals surface area contributed by atoms with Crippen molar-refractivity contribution in [3.8, 4) is 5.75 Å². The monoisotopic (exact) mass is 485 g/mol. The summed E-state index contributed by atoms with van der Waals surface area (Å²) in [4.78, 5) is 21.9. The summed E-state index contributed by atoms with van der Waals surface area (Å²) < 4.78 is 26.9. The molecule has 0 bridgehead atoms. The highest BCUT2D eigenvalue weighted by Gasteiger charge is 2.41. The molecule has 0 aromatic heterocycles. The van der Waals surface area contributed by atoms with Crippen molar-refractivity contribution in [1.82, 2.24) is 5.32 Å². The molecule has 0 fully saturated rings. The van der Waals surface area contributed by atoms with Gasteiger partial charge in [-0.15, -0.1) is 0 Å². The molecule has 0 radical (unpaired) electrons. The zero-order valence-corrected chi connectivity index (χ0v) is 19.9. The Labute approximate surface area is 193 Å². The van der Waals surface area contributed by atoms with Crippen LogP contribution in [0.4, 0.5) is 0 Å². The first-order valence-electron chi connectivity index (χ1n) is 10.1. The van der Waals surface area contributed by atoms with E-state index in [0.29, 0.717) is 18.0 Å². The lowest BCUT2D eigenvalue weighted by Crippen LogP contribution is -2.32. The summed E-state index contributed by atoms with van der Waals surface area (Å²) in [6.07, 6.45) is -0.0119. The first kappa shape index (κ1) is 26.3. The van der Waals surface area contributed by atoms with E-state index in [4.69, 9.17) is 21.1 Å². The summed E-state index contributed by atoms with van der Waals surface area (Å²) in [5.41, 5.74) is 1.72. The van der Waals surface area contributed by atoms with Crippen LogP contribution in [0.1, 0.15) is 31.1 Å². The van der Waals surface area contributed by atoms with E-state index < -0.39 is 25.5 Å². The van der Waals surface area contributed by atoms with Gasteiger partial charge >= 0.3 is 13.6 Å². The second kappa shape index (κ2) is 12.3. The van der Waals surface area contributed by atoms with Crippen LogP contribution in [0, 0.1) is 0 Å². The molecule has 3 N–H and O–H groups in total. The number of hydrogen-bond acceptors (Lipinski definition) is 7. The minimum atomic E-state index is -4.36. The smallest absolute Gasteiger partial charge is 0.379 e. The number of benzene rings is 2. The Morgan fingerprint density at radius 2 is 1.91 bits per heavy atom. The number of esters is 1. The van der Waals surface area contributed by atoms with Crippen LogP contribution in [0.5, 0.6) is 5.75 Å². The molecule has 0 spiro atoms. The summed E-state index contributed by atoms with van der Waals surface area (Å²) in [5.74, 6) is -2.51. The predicted molar refractivity (Wildman–Crippen MR) is 122 cm³/mol. The van der Waals surface area contributed by atoms with Crippen molar-refractivity contribution in [3.05, 3.63) is 64.7 Å². The second-order valence-electron chi connectivity index (χ2n) is 7.20. The second-order valence-corrected chi connectivity index (χ2v) is 9.60. The Morgan fingerprint density at radius 1 is 1.22 bits per heavy atom. The molecular weight excluding hydrogens is 457 g/mol. The molecule has 4 unspecified atom stereocenters. The van der Waals surface area contributed by atoms with E-state index in [0.717, 1.165) is 18.2 Å². The van der Waals surface area contributed by atoms with Gasteiger partial charge in [-0.05, 0) is 55.7 Å². The lowest BCUT2D eigenvalue weighted by atomic mass is 10.1. The number of carbonyl (C=O) groups is 1. The van der Waals surface area contributed by atoms with E-state index in [1.165, 1.54) is 0 Å². The third-order valence-electron chi connectivity index (χ3n) is 4.65. The fraction of sp³-hybridized carbons (Fsp3) is 0.409. The van der Waals surface area contributed by atoms with Gasteiger partial charge in [0.25, 0.3) is 5.85 Å². The molecule has 0 saturated carbocycles. The number of aliphatic hydroxyl groups is 1. The number of hydrogen-bond donors (Lipinski definition) is 3. The highest BCUT2D eigenvalue weighted by molar-refractivity contribution is 7.54. The van der Waals surface area contributed by atoms with Crippen LogP contribution in [0.25, 0.3) is 0 Å². The molecule has 2 aromatic carbocycles. The van der Waals surface area contributed by atoms with E-state index in [1.54, 1.807) is 49.4 Å². The number of rotatable bonds is 12. The first-order valence-corrected chi connectivity index (χ1v) is 12.2. The van der Waals surface area contributed by atoms with E-state index in [1.807, 2.05) is 13.0 Å². The van der Waals surface area contributed by atoms with Crippen molar-refractivity contribution in [2.45, 2.75) is 38.3 Å². The Hall–Kier alpha value is -1.93. The van der Waals surface area contributed by atoms with E-state index in [-0.39, 0.29) is 18.4 Å². The fourth-order valence-electron chi connectivity index (χ4n) is 2.96. The van der Waals surface area contributed by atoms with Crippen molar-refractivity contribution in [2.24, 2.45) is 0 Å². The van der Waals surface area contributed by atoms with Crippen molar-refractivity contribution in [2.75, 3.05) is 20.3 Å². The highest BCUT2D eigenvalue weighted by Crippen LogP contribution is 2.47. The summed E-state index contributed by atoms with van der Waals surface area (Å²) in [6, 6.07) is 13.9. The molecule has 0 aliphatic carbocycles. The van der Waals surface area contributed by atoms with Gasteiger partial charge in [0.1, 0.15) is 5.75 Å². The van der Waals surface area contributed by atoms with E-state index in [2.05, 4.69) is 9.84 Å². The molecule has 2 aromatic rings. The van der Waals surface area contributed by atoms with E-state index in [9.17, 15) is 19.4 Å². The Morgan fingerprint density at radius 3 is 2.50 bits per heavy atom. The lowest BCUT2D eigenvalue weighted by molar-refractivity contribution is -0.148. The molecule has 10 heteroatoms. The average molecular weight is 486 g/mol. The van der Waals surface area contributed by atoms with Gasteiger partial charge in [-0.3, -0.25) is 4.57 Å². The maximum atomic E-state index is 12.1.